The molecular formula is C16H19ClN2O. The molecule has 0 spiro atoms. The monoisotopic (exact) mass is 290 g/mol. The summed E-state index contributed by atoms with van der Waals surface area (Å²) in [6.45, 7) is 4.01. The van der Waals surface area contributed by atoms with Crippen LogP contribution in [0.15, 0.2) is 36.5 Å². The second-order valence-electron chi connectivity index (χ2n) is 4.86. The number of hydrogen-bond donors (Lipinski definition) is 1. The minimum absolute atomic E-state index is 0.104. The lowest BCUT2D eigenvalue weighted by Gasteiger charge is -2.14. The van der Waals surface area contributed by atoms with Gasteiger partial charge >= 0.3 is 0 Å². The van der Waals surface area contributed by atoms with Gasteiger partial charge in [-0.3, -0.25) is 4.98 Å². The van der Waals surface area contributed by atoms with Crippen LogP contribution in [-0.2, 0) is 6.42 Å². The van der Waals surface area contributed by atoms with Crippen molar-refractivity contribution in [1.29, 1.82) is 0 Å². The van der Waals surface area contributed by atoms with Crippen molar-refractivity contribution in [3.63, 3.8) is 0 Å². The van der Waals surface area contributed by atoms with Crippen LogP contribution >= 0.6 is 11.6 Å². The first kappa shape index (κ1) is 14.8. The fourth-order valence-corrected chi connectivity index (χ4v) is 2.07. The number of rotatable bonds is 5. The van der Waals surface area contributed by atoms with Crippen molar-refractivity contribution in [1.82, 2.24) is 4.98 Å². The summed E-state index contributed by atoms with van der Waals surface area (Å²) in [6, 6.07) is 9.53. The number of aryl methyl sites for hydroxylation is 1. The Kier molecular flexibility index (Phi) is 4.99. The number of nitrogens with zero attached hydrogens (tertiary/aromatic N) is 1. The molecular weight excluding hydrogens is 272 g/mol. The lowest BCUT2D eigenvalue weighted by molar-refractivity contribution is 0.469. The lowest BCUT2D eigenvalue weighted by atomic mass is 10.0. The maximum atomic E-state index is 6.06. The predicted octanol–water partition coefficient (Wildman–Crippen LogP) is 4.12. The van der Waals surface area contributed by atoms with E-state index in [0.29, 0.717) is 10.8 Å². The van der Waals surface area contributed by atoms with Crippen LogP contribution in [0.1, 0.15) is 24.6 Å². The minimum Gasteiger partial charge on any atom is -0.455 e. The molecule has 0 radical (unpaired) electrons. The van der Waals surface area contributed by atoms with Crippen LogP contribution in [0.4, 0.5) is 0 Å². The van der Waals surface area contributed by atoms with Crippen molar-refractivity contribution in [3.05, 3.63) is 52.8 Å². The van der Waals surface area contributed by atoms with E-state index in [9.17, 15) is 0 Å². The van der Waals surface area contributed by atoms with Gasteiger partial charge in [-0.1, -0.05) is 18.5 Å². The third kappa shape index (κ3) is 3.95. The zero-order valence-electron chi connectivity index (χ0n) is 11.8. The minimum atomic E-state index is 0.104. The summed E-state index contributed by atoms with van der Waals surface area (Å²) in [6.07, 6.45) is 3.37. The van der Waals surface area contributed by atoms with Crippen LogP contribution in [0.3, 0.4) is 0 Å². The highest BCUT2D eigenvalue weighted by atomic mass is 35.5. The van der Waals surface area contributed by atoms with Crippen molar-refractivity contribution in [2.75, 3.05) is 0 Å². The first-order valence-electron chi connectivity index (χ1n) is 6.73. The molecule has 20 heavy (non-hydrogen) atoms. The summed E-state index contributed by atoms with van der Waals surface area (Å²) in [5.74, 6) is 1.49. The number of aromatic nitrogens is 1. The molecule has 0 saturated carbocycles. The lowest BCUT2D eigenvalue weighted by Crippen LogP contribution is -2.21. The van der Waals surface area contributed by atoms with E-state index in [2.05, 4.69) is 11.9 Å². The Balaban J connectivity index is 2.23. The first-order chi connectivity index (χ1) is 9.58. The summed E-state index contributed by atoms with van der Waals surface area (Å²) in [4.78, 5) is 4.22. The van der Waals surface area contributed by atoms with Crippen molar-refractivity contribution < 1.29 is 4.74 Å². The number of pyridine rings is 1. The fraction of sp³-hybridized carbons (Fsp3) is 0.312. The van der Waals surface area contributed by atoms with E-state index in [1.54, 1.807) is 6.20 Å². The van der Waals surface area contributed by atoms with Crippen molar-refractivity contribution >= 4 is 11.6 Å². The summed E-state index contributed by atoms with van der Waals surface area (Å²) in [7, 11) is 0. The molecule has 0 aliphatic rings. The highest BCUT2D eigenvalue weighted by molar-refractivity contribution is 6.30. The van der Waals surface area contributed by atoms with Crippen molar-refractivity contribution in [2.45, 2.75) is 32.7 Å². The highest BCUT2D eigenvalue weighted by Gasteiger charge is 2.10. The zero-order chi connectivity index (χ0) is 14.5. The standard InChI is InChI=1S/C16H19ClN2O/c1-3-14(18)9-12-8-13(17)5-7-16(12)20-15-6-4-11(2)19-10-15/h4-8,10,14H,3,9,18H2,1-2H3. The molecule has 106 valence electrons. The summed E-state index contributed by atoms with van der Waals surface area (Å²) in [5.41, 5.74) is 8.01. The maximum Gasteiger partial charge on any atom is 0.145 e. The van der Waals surface area contributed by atoms with Gasteiger partial charge in [-0.2, -0.15) is 0 Å². The van der Waals surface area contributed by atoms with Gasteiger partial charge in [-0.05, 0) is 55.7 Å². The van der Waals surface area contributed by atoms with Crippen molar-refractivity contribution in [3.8, 4) is 11.5 Å². The van der Waals surface area contributed by atoms with Gasteiger partial charge in [-0.25, -0.2) is 0 Å². The molecule has 0 bridgehead atoms. The summed E-state index contributed by atoms with van der Waals surface area (Å²) >= 11 is 6.06. The van der Waals surface area contributed by atoms with E-state index in [0.717, 1.165) is 29.8 Å². The average Bonchev–Trinajstić information content (AvgIpc) is 2.44. The number of benzene rings is 1. The molecule has 0 saturated heterocycles. The van der Waals surface area contributed by atoms with E-state index < -0.39 is 0 Å². The molecule has 0 aliphatic carbocycles. The van der Waals surface area contributed by atoms with Crippen LogP contribution < -0.4 is 10.5 Å². The largest absolute Gasteiger partial charge is 0.455 e. The zero-order valence-corrected chi connectivity index (χ0v) is 12.5. The van der Waals surface area contributed by atoms with Gasteiger partial charge in [-0.15, -0.1) is 0 Å². The Morgan fingerprint density at radius 3 is 2.75 bits per heavy atom. The molecule has 1 unspecified atom stereocenters. The Hall–Kier alpha value is -1.58. The van der Waals surface area contributed by atoms with E-state index in [-0.39, 0.29) is 6.04 Å². The third-order valence-corrected chi connectivity index (χ3v) is 3.38. The molecule has 0 fully saturated rings. The summed E-state index contributed by atoms with van der Waals surface area (Å²) < 4.78 is 5.89. The second-order valence-corrected chi connectivity index (χ2v) is 5.30. The molecule has 1 aromatic heterocycles. The van der Waals surface area contributed by atoms with E-state index in [1.807, 2.05) is 37.3 Å². The molecule has 4 heteroatoms. The van der Waals surface area contributed by atoms with E-state index in [4.69, 9.17) is 22.1 Å². The first-order valence-corrected chi connectivity index (χ1v) is 7.10. The Morgan fingerprint density at radius 2 is 2.10 bits per heavy atom. The molecule has 1 aromatic carbocycles. The van der Waals surface area contributed by atoms with Gasteiger partial charge in [0.1, 0.15) is 11.5 Å². The predicted molar refractivity (Wildman–Crippen MR) is 82.5 cm³/mol. The molecule has 2 aromatic rings. The number of hydrogen-bond acceptors (Lipinski definition) is 3. The van der Waals surface area contributed by atoms with E-state index in [1.165, 1.54) is 0 Å². The van der Waals surface area contributed by atoms with Gasteiger partial charge in [0.25, 0.3) is 0 Å². The quantitative estimate of drug-likeness (QED) is 0.901. The Labute approximate surface area is 124 Å². The smallest absolute Gasteiger partial charge is 0.145 e. The van der Waals surface area contributed by atoms with Gasteiger partial charge in [0.15, 0.2) is 0 Å². The average molecular weight is 291 g/mol. The molecule has 2 N–H and O–H groups in total. The van der Waals surface area contributed by atoms with Gasteiger partial charge in [0, 0.05) is 16.8 Å². The van der Waals surface area contributed by atoms with Gasteiger partial charge in [0.2, 0.25) is 0 Å². The highest BCUT2D eigenvalue weighted by Crippen LogP contribution is 2.28. The number of nitrogens with two attached hydrogens (primary N) is 1. The molecule has 0 aliphatic heterocycles. The van der Waals surface area contributed by atoms with Crippen molar-refractivity contribution in [2.24, 2.45) is 5.73 Å². The normalized spacial score (nSPS) is 12.2. The topological polar surface area (TPSA) is 48.1 Å². The van der Waals surface area contributed by atoms with E-state index >= 15 is 0 Å². The van der Waals surface area contributed by atoms with Crippen LogP contribution in [0, 0.1) is 6.92 Å². The van der Waals surface area contributed by atoms with Gasteiger partial charge in [0.05, 0.1) is 6.20 Å². The van der Waals surface area contributed by atoms with Crippen LogP contribution in [0.5, 0.6) is 11.5 Å². The van der Waals surface area contributed by atoms with Gasteiger partial charge < -0.3 is 10.5 Å². The third-order valence-electron chi connectivity index (χ3n) is 3.14. The maximum absolute atomic E-state index is 6.06. The number of ether oxygens (including phenoxy) is 1. The SMILES string of the molecule is CCC(N)Cc1cc(Cl)ccc1Oc1ccc(C)nc1. The van der Waals surface area contributed by atoms with Crippen LogP contribution in [0.25, 0.3) is 0 Å². The second kappa shape index (κ2) is 6.73. The van der Waals surface area contributed by atoms with Crippen LogP contribution in [0.2, 0.25) is 5.02 Å². The molecule has 2 rings (SSSR count). The molecule has 1 heterocycles. The molecule has 3 nitrogen and oxygen atoms in total. The molecule has 0 amide bonds. The van der Waals surface area contributed by atoms with Crippen LogP contribution in [-0.4, -0.2) is 11.0 Å². The number of halogens is 1. The summed E-state index contributed by atoms with van der Waals surface area (Å²) in [5, 5.41) is 0.692. The Morgan fingerprint density at radius 1 is 1.30 bits per heavy atom. The fourth-order valence-electron chi connectivity index (χ4n) is 1.88. The molecule has 1 atom stereocenters. The Bertz CT molecular complexity index is 569.